The van der Waals surface area contributed by atoms with E-state index in [0.717, 1.165) is 24.8 Å². The van der Waals surface area contributed by atoms with Crippen LogP contribution >= 0.6 is 0 Å². The van der Waals surface area contributed by atoms with Crippen LogP contribution in [0.1, 0.15) is 40.7 Å². The standard InChI is InChI=1S/C22H26N2O6S/c1-15-6-9-20(25)18(12-15)22(27)30-14-21(26)23-19-13-17(8-7-16(19)2)31(28,29)24-10-4-3-5-11-24/h6-9,12-13,25H,3-5,10-11,14H2,1-2H3,(H,23,26). The second kappa shape index (κ2) is 9.49. The Morgan fingerprint density at radius 3 is 2.48 bits per heavy atom. The van der Waals surface area contributed by atoms with E-state index in [2.05, 4.69) is 5.32 Å². The van der Waals surface area contributed by atoms with Gasteiger partial charge in [0, 0.05) is 18.8 Å². The Morgan fingerprint density at radius 1 is 1.06 bits per heavy atom. The fourth-order valence-electron chi connectivity index (χ4n) is 3.36. The second-order valence-corrected chi connectivity index (χ2v) is 9.52. The number of amides is 1. The number of ether oxygens (including phenoxy) is 1. The number of carbonyl (C=O) groups excluding carboxylic acids is 2. The molecule has 1 fully saturated rings. The summed E-state index contributed by atoms with van der Waals surface area (Å²) in [5.41, 5.74) is 1.74. The molecule has 2 aromatic rings. The van der Waals surface area contributed by atoms with Crippen LogP contribution in [0.5, 0.6) is 5.75 Å². The van der Waals surface area contributed by atoms with Gasteiger partial charge < -0.3 is 15.2 Å². The maximum absolute atomic E-state index is 12.9. The highest BCUT2D eigenvalue weighted by Crippen LogP contribution is 2.25. The average molecular weight is 447 g/mol. The van der Waals surface area contributed by atoms with Crippen molar-refractivity contribution in [1.82, 2.24) is 4.31 Å². The lowest BCUT2D eigenvalue weighted by atomic mass is 10.1. The van der Waals surface area contributed by atoms with Crippen molar-refractivity contribution in [3.05, 3.63) is 53.1 Å². The van der Waals surface area contributed by atoms with Crippen LogP contribution in [0.25, 0.3) is 0 Å². The van der Waals surface area contributed by atoms with Crippen molar-refractivity contribution >= 4 is 27.6 Å². The molecule has 2 aromatic carbocycles. The van der Waals surface area contributed by atoms with E-state index in [1.807, 2.05) is 0 Å². The van der Waals surface area contributed by atoms with E-state index in [9.17, 15) is 23.1 Å². The van der Waals surface area contributed by atoms with Gasteiger partial charge in [-0.1, -0.05) is 24.1 Å². The fourth-order valence-corrected chi connectivity index (χ4v) is 4.90. The van der Waals surface area contributed by atoms with Crippen LogP contribution in [0, 0.1) is 13.8 Å². The minimum Gasteiger partial charge on any atom is -0.507 e. The van der Waals surface area contributed by atoms with Gasteiger partial charge in [0.25, 0.3) is 5.91 Å². The van der Waals surface area contributed by atoms with E-state index in [0.29, 0.717) is 24.3 Å². The molecule has 1 aliphatic heterocycles. The third-order valence-electron chi connectivity index (χ3n) is 5.14. The van der Waals surface area contributed by atoms with Crippen molar-refractivity contribution in [2.24, 2.45) is 0 Å². The molecule has 1 amide bonds. The van der Waals surface area contributed by atoms with Crippen molar-refractivity contribution in [2.45, 2.75) is 38.0 Å². The third kappa shape index (κ3) is 5.42. The molecule has 166 valence electrons. The summed E-state index contributed by atoms with van der Waals surface area (Å²) in [6.45, 7) is 3.90. The first-order valence-electron chi connectivity index (χ1n) is 10.1. The van der Waals surface area contributed by atoms with Gasteiger partial charge in [-0.05, 0) is 56.5 Å². The number of sulfonamides is 1. The van der Waals surface area contributed by atoms with Crippen LogP contribution in [0.2, 0.25) is 0 Å². The number of carbonyl (C=O) groups is 2. The van der Waals surface area contributed by atoms with E-state index < -0.39 is 28.5 Å². The van der Waals surface area contributed by atoms with Gasteiger partial charge >= 0.3 is 5.97 Å². The van der Waals surface area contributed by atoms with E-state index in [1.54, 1.807) is 26.0 Å². The number of aromatic hydroxyl groups is 1. The van der Waals surface area contributed by atoms with Gasteiger partial charge in [-0.3, -0.25) is 4.79 Å². The van der Waals surface area contributed by atoms with Gasteiger partial charge in [0.1, 0.15) is 11.3 Å². The Labute approximate surface area is 181 Å². The quantitative estimate of drug-likeness (QED) is 0.660. The SMILES string of the molecule is Cc1ccc(O)c(C(=O)OCC(=O)Nc2cc(S(=O)(=O)N3CCCCC3)ccc2C)c1. The Balaban J connectivity index is 1.68. The predicted octanol–water partition coefficient (Wildman–Crippen LogP) is 2.98. The summed E-state index contributed by atoms with van der Waals surface area (Å²) in [6.07, 6.45) is 2.67. The number of esters is 1. The minimum absolute atomic E-state index is 0.0291. The maximum Gasteiger partial charge on any atom is 0.342 e. The number of nitrogens with one attached hydrogen (secondary N) is 1. The van der Waals surface area contributed by atoms with Crippen LogP contribution in [-0.4, -0.2) is 49.4 Å². The molecule has 1 aliphatic rings. The number of piperidine rings is 1. The molecule has 0 saturated carbocycles. The molecule has 0 bridgehead atoms. The fraction of sp³-hybridized carbons (Fsp3) is 0.364. The lowest BCUT2D eigenvalue weighted by molar-refractivity contribution is -0.119. The summed E-state index contributed by atoms with van der Waals surface area (Å²) in [7, 11) is -3.64. The molecule has 31 heavy (non-hydrogen) atoms. The molecule has 1 heterocycles. The number of rotatable bonds is 6. The molecule has 1 saturated heterocycles. The molecule has 8 nitrogen and oxygen atoms in total. The normalized spacial score (nSPS) is 14.8. The van der Waals surface area contributed by atoms with Crippen LogP contribution in [-0.2, 0) is 19.6 Å². The van der Waals surface area contributed by atoms with Gasteiger partial charge in [0.2, 0.25) is 10.0 Å². The van der Waals surface area contributed by atoms with Crippen molar-refractivity contribution < 1.29 is 27.9 Å². The van der Waals surface area contributed by atoms with Gasteiger partial charge in [0.05, 0.1) is 4.90 Å². The highest BCUT2D eigenvalue weighted by atomic mass is 32.2. The van der Waals surface area contributed by atoms with E-state index in [-0.39, 0.29) is 16.2 Å². The Bertz CT molecular complexity index is 1090. The highest BCUT2D eigenvalue weighted by molar-refractivity contribution is 7.89. The zero-order chi connectivity index (χ0) is 22.6. The van der Waals surface area contributed by atoms with E-state index in [1.165, 1.54) is 28.6 Å². The monoisotopic (exact) mass is 446 g/mol. The lowest BCUT2D eigenvalue weighted by Gasteiger charge is -2.26. The molecule has 0 aliphatic carbocycles. The van der Waals surface area contributed by atoms with Crippen LogP contribution in [0.15, 0.2) is 41.3 Å². The van der Waals surface area contributed by atoms with Crippen molar-refractivity contribution in [2.75, 3.05) is 25.0 Å². The number of nitrogens with zero attached hydrogens (tertiary/aromatic N) is 1. The first-order chi connectivity index (χ1) is 14.7. The zero-order valence-corrected chi connectivity index (χ0v) is 18.4. The molecule has 0 spiro atoms. The third-order valence-corrected chi connectivity index (χ3v) is 7.04. The number of phenolic OH excluding ortho intramolecular Hbond substituents is 1. The molecular weight excluding hydrogens is 420 g/mol. The topological polar surface area (TPSA) is 113 Å². The van der Waals surface area contributed by atoms with Gasteiger partial charge in [0.15, 0.2) is 6.61 Å². The van der Waals surface area contributed by atoms with Gasteiger partial charge in [-0.2, -0.15) is 4.31 Å². The number of anilines is 1. The summed E-state index contributed by atoms with van der Waals surface area (Å²) in [4.78, 5) is 24.6. The number of aryl methyl sites for hydroxylation is 2. The second-order valence-electron chi connectivity index (χ2n) is 7.59. The molecular formula is C22H26N2O6S. The minimum atomic E-state index is -3.64. The number of benzene rings is 2. The molecule has 3 rings (SSSR count). The lowest BCUT2D eigenvalue weighted by Crippen LogP contribution is -2.35. The average Bonchev–Trinajstić information content (AvgIpc) is 2.75. The molecule has 0 unspecified atom stereocenters. The largest absolute Gasteiger partial charge is 0.507 e. The Morgan fingerprint density at radius 2 is 1.77 bits per heavy atom. The summed E-state index contributed by atoms with van der Waals surface area (Å²) in [6, 6.07) is 9.06. The Kier molecular flexibility index (Phi) is 6.97. The summed E-state index contributed by atoms with van der Waals surface area (Å²) in [5, 5.41) is 12.4. The summed E-state index contributed by atoms with van der Waals surface area (Å²) < 4.78 is 32.2. The first kappa shape index (κ1) is 22.8. The predicted molar refractivity (Wildman–Crippen MR) is 116 cm³/mol. The molecule has 2 N–H and O–H groups in total. The number of phenols is 1. The number of hydrogen-bond donors (Lipinski definition) is 2. The summed E-state index contributed by atoms with van der Waals surface area (Å²) in [5.74, 6) is -1.67. The molecule has 9 heteroatoms. The van der Waals surface area contributed by atoms with Crippen LogP contribution < -0.4 is 5.32 Å². The van der Waals surface area contributed by atoms with Gasteiger partial charge in [-0.15, -0.1) is 0 Å². The molecule has 0 atom stereocenters. The van der Waals surface area contributed by atoms with Crippen molar-refractivity contribution in [3.63, 3.8) is 0 Å². The summed E-state index contributed by atoms with van der Waals surface area (Å²) >= 11 is 0. The Hall–Kier alpha value is -2.91. The van der Waals surface area contributed by atoms with Crippen LogP contribution in [0.4, 0.5) is 5.69 Å². The van der Waals surface area contributed by atoms with Crippen LogP contribution in [0.3, 0.4) is 0 Å². The number of hydrogen-bond acceptors (Lipinski definition) is 6. The van der Waals surface area contributed by atoms with Gasteiger partial charge in [-0.25, -0.2) is 13.2 Å². The van der Waals surface area contributed by atoms with E-state index in [4.69, 9.17) is 4.74 Å². The smallest absolute Gasteiger partial charge is 0.342 e. The van der Waals surface area contributed by atoms with Crippen molar-refractivity contribution in [1.29, 1.82) is 0 Å². The molecule has 0 radical (unpaired) electrons. The zero-order valence-electron chi connectivity index (χ0n) is 17.6. The first-order valence-corrected chi connectivity index (χ1v) is 11.5. The maximum atomic E-state index is 12.9. The highest BCUT2D eigenvalue weighted by Gasteiger charge is 2.26. The van der Waals surface area contributed by atoms with E-state index >= 15 is 0 Å². The molecule has 0 aromatic heterocycles. The van der Waals surface area contributed by atoms with Crippen molar-refractivity contribution in [3.8, 4) is 5.75 Å².